The number of carbonyl (C=O) groups excluding carboxylic acids is 1. The molecule has 0 aliphatic rings. The summed E-state index contributed by atoms with van der Waals surface area (Å²) in [6.07, 6.45) is 1.41. The van der Waals surface area contributed by atoms with Gasteiger partial charge < -0.3 is 14.9 Å². The van der Waals surface area contributed by atoms with Crippen molar-refractivity contribution in [1.29, 1.82) is 0 Å². The maximum atomic E-state index is 11.9. The molecule has 0 spiro atoms. The Morgan fingerprint density at radius 3 is 2.78 bits per heavy atom. The molecule has 2 aromatic carbocycles. The summed E-state index contributed by atoms with van der Waals surface area (Å²) in [5, 5.41) is 23.3. The van der Waals surface area contributed by atoms with E-state index in [1.165, 1.54) is 18.3 Å². The van der Waals surface area contributed by atoms with Crippen LogP contribution >= 0.6 is 15.9 Å². The molecule has 0 aliphatic carbocycles. The number of hydrogen-bond donors (Lipinski definition) is 3. The number of amides is 1. The summed E-state index contributed by atoms with van der Waals surface area (Å²) in [6, 6.07) is 9.41. The van der Waals surface area contributed by atoms with E-state index in [0.29, 0.717) is 22.4 Å². The average Bonchev–Trinajstić information content (AvgIpc) is 2.52. The molecule has 0 radical (unpaired) electrons. The highest BCUT2D eigenvalue weighted by atomic mass is 79.9. The zero-order valence-corrected chi connectivity index (χ0v) is 13.9. The van der Waals surface area contributed by atoms with Gasteiger partial charge in [0, 0.05) is 0 Å². The van der Waals surface area contributed by atoms with Gasteiger partial charge in [0.25, 0.3) is 5.91 Å². The van der Waals surface area contributed by atoms with Crippen LogP contribution in [0.1, 0.15) is 22.8 Å². The molecule has 0 fully saturated rings. The van der Waals surface area contributed by atoms with E-state index in [1.807, 2.05) is 0 Å². The van der Waals surface area contributed by atoms with Gasteiger partial charge in [0.2, 0.25) is 0 Å². The van der Waals surface area contributed by atoms with Gasteiger partial charge in [-0.25, -0.2) is 5.43 Å². The summed E-state index contributed by atoms with van der Waals surface area (Å²) in [5.74, 6) is -0.328. The number of ether oxygens (including phenoxy) is 1. The van der Waals surface area contributed by atoms with Crippen LogP contribution in [0.25, 0.3) is 0 Å². The standard InChI is InChI=1S/C16H15BrN2O4/c1-2-23-14-8-10(7-12(17)15(14)21)9-18-19-16(22)11-5-3-4-6-13(11)20/h3-9,20-21H,2H2,1H3,(H,19,22)/b18-9+. The number of halogens is 1. The van der Waals surface area contributed by atoms with Gasteiger partial charge in [-0.1, -0.05) is 12.1 Å². The second kappa shape index (κ2) is 7.64. The van der Waals surface area contributed by atoms with E-state index < -0.39 is 5.91 Å². The van der Waals surface area contributed by atoms with Gasteiger partial charge in [0.05, 0.1) is 22.9 Å². The lowest BCUT2D eigenvalue weighted by molar-refractivity contribution is 0.0952. The molecule has 23 heavy (non-hydrogen) atoms. The summed E-state index contributed by atoms with van der Waals surface area (Å²) in [5.41, 5.74) is 3.08. The van der Waals surface area contributed by atoms with Crippen molar-refractivity contribution in [2.24, 2.45) is 5.10 Å². The lowest BCUT2D eigenvalue weighted by atomic mass is 10.2. The minimum Gasteiger partial charge on any atom is -0.507 e. The first-order chi connectivity index (χ1) is 11.0. The van der Waals surface area contributed by atoms with Crippen LogP contribution in [0.15, 0.2) is 46.0 Å². The van der Waals surface area contributed by atoms with Crippen molar-refractivity contribution in [2.45, 2.75) is 6.92 Å². The molecular formula is C16H15BrN2O4. The second-order valence-corrected chi connectivity index (χ2v) is 5.35. The maximum absolute atomic E-state index is 11.9. The first-order valence-corrected chi connectivity index (χ1v) is 7.59. The number of benzene rings is 2. The van der Waals surface area contributed by atoms with E-state index in [0.717, 1.165) is 0 Å². The zero-order valence-electron chi connectivity index (χ0n) is 12.3. The van der Waals surface area contributed by atoms with Crippen molar-refractivity contribution in [3.63, 3.8) is 0 Å². The summed E-state index contributed by atoms with van der Waals surface area (Å²) < 4.78 is 5.76. The Morgan fingerprint density at radius 2 is 2.09 bits per heavy atom. The van der Waals surface area contributed by atoms with E-state index in [9.17, 15) is 15.0 Å². The van der Waals surface area contributed by atoms with Crippen molar-refractivity contribution >= 4 is 28.1 Å². The fraction of sp³-hybridized carbons (Fsp3) is 0.125. The Kier molecular flexibility index (Phi) is 5.59. The Balaban J connectivity index is 2.12. The third-order valence-electron chi connectivity index (χ3n) is 2.88. The number of nitrogens with zero attached hydrogens (tertiary/aromatic N) is 1. The van der Waals surface area contributed by atoms with Crippen molar-refractivity contribution in [2.75, 3.05) is 6.61 Å². The van der Waals surface area contributed by atoms with Gasteiger partial charge in [-0.05, 0) is 52.7 Å². The van der Waals surface area contributed by atoms with Crippen molar-refractivity contribution in [3.05, 3.63) is 52.0 Å². The normalized spacial score (nSPS) is 10.7. The van der Waals surface area contributed by atoms with Gasteiger partial charge >= 0.3 is 0 Å². The highest BCUT2D eigenvalue weighted by Crippen LogP contribution is 2.35. The molecule has 0 atom stereocenters. The van der Waals surface area contributed by atoms with Gasteiger partial charge in [-0.3, -0.25) is 4.79 Å². The van der Waals surface area contributed by atoms with Gasteiger partial charge in [0.1, 0.15) is 5.75 Å². The van der Waals surface area contributed by atoms with Crippen LogP contribution in [-0.4, -0.2) is 28.9 Å². The summed E-state index contributed by atoms with van der Waals surface area (Å²) in [6.45, 7) is 2.21. The van der Waals surface area contributed by atoms with E-state index in [-0.39, 0.29) is 17.1 Å². The Bertz CT molecular complexity index is 747. The molecule has 0 unspecified atom stereocenters. The van der Waals surface area contributed by atoms with E-state index >= 15 is 0 Å². The van der Waals surface area contributed by atoms with Crippen molar-refractivity contribution in [1.82, 2.24) is 5.43 Å². The number of rotatable bonds is 5. The number of carbonyl (C=O) groups is 1. The zero-order chi connectivity index (χ0) is 16.8. The Morgan fingerprint density at radius 1 is 1.35 bits per heavy atom. The molecule has 0 saturated carbocycles. The van der Waals surface area contributed by atoms with Crippen LogP contribution in [0.5, 0.6) is 17.2 Å². The maximum Gasteiger partial charge on any atom is 0.275 e. The molecular weight excluding hydrogens is 364 g/mol. The number of para-hydroxylation sites is 1. The van der Waals surface area contributed by atoms with Crippen molar-refractivity contribution in [3.8, 4) is 17.2 Å². The smallest absolute Gasteiger partial charge is 0.275 e. The highest BCUT2D eigenvalue weighted by molar-refractivity contribution is 9.10. The predicted molar refractivity (Wildman–Crippen MR) is 90.1 cm³/mol. The Hall–Kier alpha value is -2.54. The minimum atomic E-state index is -0.526. The van der Waals surface area contributed by atoms with E-state index in [1.54, 1.807) is 31.2 Å². The monoisotopic (exact) mass is 378 g/mol. The lowest BCUT2D eigenvalue weighted by Crippen LogP contribution is -2.17. The minimum absolute atomic E-state index is 0.00208. The van der Waals surface area contributed by atoms with E-state index in [4.69, 9.17) is 4.74 Å². The molecule has 2 aromatic rings. The van der Waals surface area contributed by atoms with Crippen LogP contribution in [-0.2, 0) is 0 Å². The fourth-order valence-corrected chi connectivity index (χ4v) is 2.28. The molecule has 120 valence electrons. The number of nitrogens with one attached hydrogen (secondary N) is 1. The molecule has 0 heterocycles. The number of phenolic OH excluding ortho intramolecular Hbond substituents is 2. The SMILES string of the molecule is CCOc1cc(/C=N/NC(=O)c2ccccc2O)cc(Br)c1O. The van der Waals surface area contributed by atoms with Gasteiger partial charge in [-0.15, -0.1) is 0 Å². The molecule has 6 nitrogen and oxygen atoms in total. The first-order valence-electron chi connectivity index (χ1n) is 6.79. The molecule has 0 bridgehead atoms. The first kappa shape index (κ1) is 16.8. The number of phenols is 2. The third-order valence-corrected chi connectivity index (χ3v) is 3.48. The van der Waals surface area contributed by atoms with Crippen LogP contribution in [0.2, 0.25) is 0 Å². The summed E-state index contributed by atoms with van der Waals surface area (Å²) >= 11 is 3.22. The summed E-state index contributed by atoms with van der Waals surface area (Å²) in [7, 11) is 0. The molecule has 1 amide bonds. The Labute approximate surface area is 141 Å². The molecule has 0 aliphatic heterocycles. The van der Waals surface area contributed by atoms with Crippen molar-refractivity contribution < 1.29 is 19.7 Å². The van der Waals surface area contributed by atoms with Gasteiger partial charge in [-0.2, -0.15) is 5.10 Å². The average molecular weight is 379 g/mol. The molecule has 3 N–H and O–H groups in total. The van der Waals surface area contributed by atoms with Gasteiger partial charge in [0.15, 0.2) is 11.5 Å². The topological polar surface area (TPSA) is 91.2 Å². The lowest BCUT2D eigenvalue weighted by Gasteiger charge is -2.08. The number of hydrazone groups is 1. The fourth-order valence-electron chi connectivity index (χ4n) is 1.83. The van der Waals surface area contributed by atoms with E-state index in [2.05, 4.69) is 26.5 Å². The predicted octanol–water partition coefficient (Wildman–Crippen LogP) is 3.02. The highest BCUT2D eigenvalue weighted by Gasteiger charge is 2.10. The van der Waals surface area contributed by atoms with Crippen LogP contribution < -0.4 is 10.2 Å². The number of aromatic hydroxyl groups is 2. The largest absolute Gasteiger partial charge is 0.507 e. The van der Waals surface area contributed by atoms with Crippen LogP contribution in [0, 0.1) is 0 Å². The third kappa shape index (κ3) is 4.23. The molecule has 7 heteroatoms. The quantitative estimate of drug-likeness (QED) is 0.550. The summed E-state index contributed by atoms with van der Waals surface area (Å²) in [4.78, 5) is 11.9. The second-order valence-electron chi connectivity index (χ2n) is 4.50. The van der Waals surface area contributed by atoms with Crippen LogP contribution in [0.4, 0.5) is 0 Å². The molecule has 0 aromatic heterocycles. The van der Waals surface area contributed by atoms with Crippen LogP contribution in [0.3, 0.4) is 0 Å². The molecule has 0 saturated heterocycles. The molecule has 2 rings (SSSR count). The number of hydrogen-bond acceptors (Lipinski definition) is 5.